The fraction of sp³-hybridized carbons (Fsp3) is 0.296. The van der Waals surface area contributed by atoms with E-state index in [0.29, 0.717) is 41.1 Å². The molecule has 2 unspecified atom stereocenters. The summed E-state index contributed by atoms with van der Waals surface area (Å²) in [4.78, 5) is 13.9. The maximum atomic E-state index is 11.7. The van der Waals surface area contributed by atoms with Crippen LogP contribution in [0.5, 0.6) is 11.5 Å². The predicted molar refractivity (Wildman–Crippen MR) is 134 cm³/mol. The van der Waals surface area contributed by atoms with Crippen molar-refractivity contribution >= 4 is 29.2 Å². The number of benzene rings is 3. The van der Waals surface area contributed by atoms with Crippen LogP contribution in [-0.2, 0) is 11.4 Å². The van der Waals surface area contributed by atoms with Crippen molar-refractivity contribution in [1.82, 2.24) is 4.90 Å². The van der Waals surface area contributed by atoms with Crippen molar-refractivity contribution in [3.05, 3.63) is 93.5 Å². The molecule has 1 saturated heterocycles. The molecule has 3 aromatic rings. The summed E-state index contributed by atoms with van der Waals surface area (Å²) in [5.74, 6) is 0.0314. The maximum Gasteiger partial charge on any atom is 0.307 e. The number of hydrogen-bond donors (Lipinski definition) is 1. The van der Waals surface area contributed by atoms with Crippen LogP contribution < -0.4 is 9.47 Å². The molecule has 3 aromatic carbocycles. The Bertz CT molecular complexity index is 1140. The second kappa shape index (κ2) is 11.1. The Morgan fingerprint density at radius 3 is 2.62 bits per heavy atom. The molecular weight excluding hydrogens is 473 g/mol. The van der Waals surface area contributed by atoms with E-state index in [9.17, 15) is 9.90 Å². The molecular formula is C27H27Cl2NO4. The van der Waals surface area contributed by atoms with E-state index in [1.54, 1.807) is 13.2 Å². The number of aliphatic carboxylic acids is 1. The fourth-order valence-corrected chi connectivity index (χ4v) is 4.88. The topological polar surface area (TPSA) is 59.0 Å². The van der Waals surface area contributed by atoms with Crippen LogP contribution in [-0.4, -0.2) is 36.2 Å². The van der Waals surface area contributed by atoms with Gasteiger partial charge in [-0.2, -0.15) is 0 Å². The number of piperidine rings is 1. The number of carboxylic acid groups (broad SMARTS) is 1. The Hall–Kier alpha value is -2.73. The molecule has 7 heteroatoms. The number of methoxy groups -OCH3 is 1. The maximum absolute atomic E-state index is 11.7. The first-order chi connectivity index (χ1) is 16.5. The highest BCUT2D eigenvalue weighted by Gasteiger charge is 2.33. The lowest BCUT2D eigenvalue weighted by Gasteiger charge is -2.38. The highest BCUT2D eigenvalue weighted by molar-refractivity contribution is 6.42. The van der Waals surface area contributed by atoms with Gasteiger partial charge in [0.05, 0.1) is 29.1 Å². The molecule has 0 aliphatic carbocycles. The van der Waals surface area contributed by atoms with Crippen molar-refractivity contribution in [3.63, 3.8) is 0 Å². The molecule has 0 amide bonds. The minimum Gasteiger partial charge on any atom is -0.493 e. The van der Waals surface area contributed by atoms with Crippen LogP contribution in [0.15, 0.2) is 66.7 Å². The monoisotopic (exact) mass is 499 g/mol. The number of hydrogen-bond acceptors (Lipinski definition) is 4. The molecule has 1 N–H and O–H groups in total. The lowest BCUT2D eigenvalue weighted by atomic mass is 9.91. The quantitative estimate of drug-likeness (QED) is 0.384. The van der Waals surface area contributed by atoms with Gasteiger partial charge in [0.2, 0.25) is 0 Å². The molecule has 0 spiro atoms. The molecule has 4 rings (SSSR count). The van der Waals surface area contributed by atoms with Crippen LogP contribution in [0.2, 0.25) is 10.0 Å². The molecule has 178 valence electrons. The SMILES string of the molecule is COc1cc(C(c2cccc(Cl)c2Cl)N2CCCC(C(=O)O)C2)ccc1OCc1ccccc1. The van der Waals surface area contributed by atoms with E-state index in [1.165, 1.54) is 0 Å². The number of ether oxygens (including phenoxy) is 2. The van der Waals surface area contributed by atoms with E-state index in [2.05, 4.69) is 4.90 Å². The lowest BCUT2D eigenvalue weighted by molar-refractivity contribution is -0.143. The lowest BCUT2D eigenvalue weighted by Crippen LogP contribution is -2.41. The Labute approximate surface area is 209 Å². The zero-order valence-electron chi connectivity index (χ0n) is 18.9. The first-order valence-corrected chi connectivity index (χ1v) is 12.0. The number of halogens is 2. The average molecular weight is 500 g/mol. The van der Waals surface area contributed by atoms with Crippen LogP contribution in [0, 0.1) is 5.92 Å². The van der Waals surface area contributed by atoms with Crippen LogP contribution in [0.1, 0.15) is 35.6 Å². The van der Waals surface area contributed by atoms with Crippen molar-refractivity contribution in [2.75, 3.05) is 20.2 Å². The van der Waals surface area contributed by atoms with Gasteiger partial charge in [-0.05, 0) is 54.3 Å². The first-order valence-electron chi connectivity index (χ1n) is 11.2. The second-order valence-electron chi connectivity index (χ2n) is 8.40. The third-order valence-electron chi connectivity index (χ3n) is 6.18. The number of nitrogens with zero attached hydrogens (tertiary/aromatic N) is 1. The van der Waals surface area contributed by atoms with Crippen LogP contribution >= 0.6 is 23.2 Å². The van der Waals surface area contributed by atoms with Crippen LogP contribution in [0.3, 0.4) is 0 Å². The van der Waals surface area contributed by atoms with Crippen molar-refractivity contribution in [1.29, 1.82) is 0 Å². The zero-order valence-corrected chi connectivity index (χ0v) is 20.4. The van der Waals surface area contributed by atoms with Gasteiger partial charge >= 0.3 is 5.97 Å². The van der Waals surface area contributed by atoms with Gasteiger partial charge in [0, 0.05) is 6.54 Å². The van der Waals surface area contributed by atoms with Crippen molar-refractivity contribution in [3.8, 4) is 11.5 Å². The van der Waals surface area contributed by atoms with E-state index < -0.39 is 11.9 Å². The van der Waals surface area contributed by atoms with Gasteiger partial charge in [-0.15, -0.1) is 0 Å². The second-order valence-corrected chi connectivity index (χ2v) is 9.19. The van der Waals surface area contributed by atoms with Crippen molar-refractivity contribution in [2.24, 2.45) is 5.92 Å². The molecule has 1 fully saturated rings. The Kier molecular flexibility index (Phi) is 7.99. The van der Waals surface area contributed by atoms with Gasteiger partial charge in [0.25, 0.3) is 0 Å². The summed E-state index contributed by atoms with van der Waals surface area (Å²) in [5.41, 5.74) is 2.82. The van der Waals surface area contributed by atoms with Gasteiger partial charge < -0.3 is 14.6 Å². The molecule has 5 nitrogen and oxygen atoms in total. The average Bonchev–Trinajstić information content (AvgIpc) is 2.86. The van der Waals surface area contributed by atoms with Crippen molar-refractivity contribution < 1.29 is 19.4 Å². The normalized spacial score (nSPS) is 17.2. The number of likely N-dealkylation sites (tertiary alicyclic amines) is 1. The Balaban J connectivity index is 1.69. The molecule has 0 aromatic heterocycles. The van der Waals surface area contributed by atoms with E-state index in [4.69, 9.17) is 32.7 Å². The summed E-state index contributed by atoms with van der Waals surface area (Å²) in [5, 5.41) is 10.6. The standard InChI is InChI=1S/C27H27Cl2NO4/c1-33-24-15-19(12-13-23(24)34-17-18-7-3-2-4-8-18)26(21-10-5-11-22(28)25(21)29)30-14-6-9-20(16-30)27(31)32/h2-5,7-8,10-13,15,20,26H,6,9,14,16-17H2,1H3,(H,31,32). The van der Waals surface area contributed by atoms with Gasteiger partial charge in [-0.1, -0.05) is 71.7 Å². The predicted octanol–water partition coefficient (Wildman–Crippen LogP) is 6.47. The first kappa shape index (κ1) is 24.4. The van der Waals surface area contributed by atoms with Crippen LogP contribution in [0.4, 0.5) is 0 Å². The Morgan fingerprint density at radius 1 is 1.09 bits per heavy atom. The number of carbonyl (C=O) groups is 1. The third-order valence-corrected chi connectivity index (χ3v) is 7.02. The summed E-state index contributed by atoms with van der Waals surface area (Å²) >= 11 is 13.0. The molecule has 0 bridgehead atoms. The van der Waals surface area contributed by atoms with Gasteiger partial charge in [-0.3, -0.25) is 9.69 Å². The molecule has 1 aliphatic heterocycles. The van der Waals surface area contributed by atoms with Gasteiger partial charge in [0.1, 0.15) is 6.61 Å². The summed E-state index contributed by atoms with van der Waals surface area (Å²) < 4.78 is 11.7. The minimum absolute atomic E-state index is 0.273. The van der Waals surface area contributed by atoms with Gasteiger partial charge in [-0.25, -0.2) is 0 Å². The largest absolute Gasteiger partial charge is 0.493 e. The van der Waals surface area contributed by atoms with E-state index in [1.807, 2.05) is 60.7 Å². The minimum atomic E-state index is -0.775. The summed E-state index contributed by atoms with van der Waals surface area (Å²) in [6.45, 7) is 1.61. The third kappa shape index (κ3) is 5.49. The summed E-state index contributed by atoms with van der Waals surface area (Å²) in [7, 11) is 1.61. The van der Waals surface area contributed by atoms with E-state index in [-0.39, 0.29) is 6.04 Å². The molecule has 34 heavy (non-hydrogen) atoms. The molecule has 0 saturated carbocycles. The molecule has 1 heterocycles. The molecule has 0 radical (unpaired) electrons. The Morgan fingerprint density at radius 2 is 1.88 bits per heavy atom. The van der Waals surface area contributed by atoms with Crippen molar-refractivity contribution in [2.45, 2.75) is 25.5 Å². The molecule has 2 atom stereocenters. The fourth-order valence-electron chi connectivity index (χ4n) is 4.47. The highest BCUT2D eigenvalue weighted by Crippen LogP contribution is 2.41. The van der Waals surface area contributed by atoms with Crippen LogP contribution in [0.25, 0.3) is 0 Å². The number of rotatable bonds is 8. The van der Waals surface area contributed by atoms with E-state index >= 15 is 0 Å². The smallest absolute Gasteiger partial charge is 0.307 e. The molecule has 1 aliphatic rings. The zero-order chi connectivity index (χ0) is 24.1. The number of carboxylic acids is 1. The summed E-state index contributed by atoms with van der Waals surface area (Å²) in [6.07, 6.45) is 1.46. The van der Waals surface area contributed by atoms with E-state index in [0.717, 1.165) is 29.7 Å². The van der Waals surface area contributed by atoms with Gasteiger partial charge in [0.15, 0.2) is 11.5 Å². The summed E-state index contributed by atoms with van der Waals surface area (Å²) in [6, 6.07) is 21.0. The highest BCUT2D eigenvalue weighted by atomic mass is 35.5.